The summed E-state index contributed by atoms with van der Waals surface area (Å²) in [7, 11) is 0. The lowest BCUT2D eigenvalue weighted by Crippen LogP contribution is -2.41. The minimum atomic E-state index is -0.611. The normalized spacial score (nSPS) is 10.4. The van der Waals surface area contributed by atoms with Crippen molar-refractivity contribution in [1.82, 2.24) is 20.6 Å². The highest BCUT2D eigenvalue weighted by molar-refractivity contribution is 6.33. The van der Waals surface area contributed by atoms with Crippen LogP contribution in [0.5, 0.6) is 0 Å². The van der Waals surface area contributed by atoms with E-state index in [1.54, 1.807) is 11.6 Å². The molecule has 10 heteroatoms. The number of carbonyl (C=O) groups excluding carboxylic acids is 2. The number of rotatable bonds is 6. The van der Waals surface area contributed by atoms with Crippen molar-refractivity contribution in [2.45, 2.75) is 33.2 Å². The topological polar surface area (TPSA) is 119 Å². The third-order valence-corrected chi connectivity index (χ3v) is 4.03. The minimum Gasteiger partial charge on any atom is -0.267 e. The number of nitro benzene ring substituents is 1. The molecule has 0 saturated carbocycles. The van der Waals surface area contributed by atoms with Crippen molar-refractivity contribution in [2.75, 3.05) is 0 Å². The molecule has 1 heterocycles. The number of nitrogens with one attached hydrogen (secondary N) is 2. The van der Waals surface area contributed by atoms with Gasteiger partial charge in [-0.2, -0.15) is 5.10 Å². The summed E-state index contributed by atoms with van der Waals surface area (Å²) in [4.78, 5) is 34.4. The van der Waals surface area contributed by atoms with Crippen LogP contribution in [0.1, 0.15) is 46.2 Å². The van der Waals surface area contributed by atoms with E-state index in [1.165, 1.54) is 24.3 Å². The average molecular weight is 380 g/mol. The number of unbranched alkanes of at least 4 members (excludes halogenated alkanes) is 1. The molecule has 0 aliphatic carbocycles. The summed E-state index contributed by atoms with van der Waals surface area (Å²) in [5, 5.41) is 15.0. The number of non-ortho nitro benzene ring substituents is 1. The molecule has 0 radical (unpaired) electrons. The van der Waals surface area contributed by atoms with Gasteiger partial charge in [0.05, 0.1) is 10.6 Å². The van der Waals surface area contributed by atoms with E-state index in [2.05, 4.69) is 16.0 Å². The largest absolute Gasteiger partial charge is 0.274 e. The van der Waals surface area contributed by atoms with E-state index in [1.807, 2.05) is 6.92 Å². The lowest BCUT2D eigenvalue weighted by molar-refractivity contribution is -0.384. The van der Waals surface area contributed by atoms with Crippen molar-refractivity contribution in [3.63, 3.8) is 0 Å². The first-order chi connectivity index (χ1) is 12.3. The Balaban J connectivity index is 2.03. The molecular formula is C16H18ClN5O4. The predicted octanol–water partition coefficient (Wildman–Crippen LogP) is 2.63. The number of hydrogen-bond acceptors (Lipinski definition) is 5. The van der Waals surface area contributed by atoms with Gasteiger partial charge in [-0.25, -0.2) is 0 Å². The first kappa shape index (κ1) is 19.4. The number of aromatic nitrogens is 2. The maximum Gasteiger partial charge on any atom is 0.274 e. The van der Waals surface area contributed by atoms with Gasteiger partial charge < -0.3 is 0 Å². The van der Waals surface area contributed by atoms with Crippen LogP contribution in [0.4, 0.5) is 5.69 Å². The molecule has 1 aromatic carbocycles. The molecule has 1 aromatic heterocycles. The Hall–Kier alpha value is -2.94. The van der Waals surface area contributed by atoms with Gasteiger partial charge in [-0.1, -0.05) is 24.9 Å². The van der Waals surface area contributed by atoms with E-state index < -0.39 is 16.7 Å². The van der Waals surface area contributed by atoms with Crippen LogP contribution in [0.15, 0.2) is 24.3 Å². The molecule has 138 valence electrons. The zero-order valence-electron chi connectivity index (χ0n) is 14.3. The molecular weight excluding hydrogens is 362 g/mol. The van der Waals surface area contributed by atoms with Gasteiger partial charge in [0, 0.05) is 24.2 Å². The quantitative estimate of drug-likeness (QED) is 0.590. The molecule has 26 heavy (non-hydrogen) atoms. The van der Waals surface area contributed by atoms with Crippen molar-refractivity contribution in [3.05, 3.63) is 56.4 Å². The Bertz CT molecular complexity index is 832. The first-order valence-electron chi connectivity index (χ1n) is 7.93. The number of nitrogens with zero attached hydrogens (tertiary/aromatic N) is 3. The molecule has 0 unspecified atom stereocenters. The molecule has 0 bridgehead atoms. The van der Waals surface area contributed by atoms with Gasteiger partial charge in [0.15, 0.2) is 0 Å². The molecule has 0 atom stereocenters. The Morgan fingerprint density at radius 1 is 1.23 bits per heavy atom. The Morgan fingerprint density at radius 2 is 1.85 bits per heavy atom. The smallest absolute Gasteiger partial charge is 0.267 e. The third-order valence-electron chi connectivity index (χ3n) is 3.65. The maximum atomic E-state index is 12.3. The summed E-state index contributed by atoms with van der Waals surface area (Å²) in [6.07, 6.45) is 1.83. The monoisotopic (exact) mass is 379 g/mol. The molecule has 2 amide bonds. The van der Waals surface area contributed by atoms with Crippen LogP contribution in [0.25, 0.3) is 0 Å². The van der Waals surface area contributed by atoms with Gasteiger partial charge in [0.25, 0.3) is 17.5 Å². The summed E-state index contributed by atoms with van der Waals surface area (Å²) in [6.45, 7) is 4.28. The zero-order valence-corrected chi connectivity index (χ0v) is 15.0. The predicted molar refractivity (Wildman–Crippen MR) is 94.9 cm³/mol. The highest BCUT2D eigenvalue weighted by Crippen LogP contribution is 2.20. The van der Waals surface area contributed by atoms with Gasteiger partial charge >= 0.3 is 0 Å². The highest BCUT2D eigenvalue weighted by Gasteiger charge is 2.20. The number of nitro groups is 1. The molecule has 0 fully saturated rings. The summed E-state index contributed by atoms with van der Waals surface area (Å²) in [5.41, 5.74) is 5.20. The zero-order chi connectivity index (χ0) is 19.3. The first-order valence-corrected chi connectivity index (χ1v) is 8.31. The standard InChI is InChI=1S/C16H18ClN5O4/c1-3-4-9-21-14(17)13(10(2)20-21)16(24)19-18-15(23)11-5-7-12(8-6-11)22(25)26/h5-8H,3-4,9H2,1-2H3,(H,18,23)(H,19,24). The van der Waals surface area contributed by atoms with Gasteiger partial charge in [-0.15, -0.1) is 0 Å². The number of hydrazine groups is 1. The van der Waals surface area contributed by atoms with E-state index >= 15 is 0 Å². The maximum absolute atomic E-state index is 12.3. The van der Waals surface area contributed by atoms with Crippen molar-refractivity contribution < 1.29 is 14.5 Å². The minimum absolute atomic E-state index is 0.132. The number of benzene rings is 1. The molecule has 0 saturated heterocycles. The summed E-state index contributed by atoms with van der Waals surface area (Å²) in [6, 6.07) is 4.99. The van der Waals surface area contributed by atoms with Crippen molar-refractivity contribution in [1.29, 1.82) is 0 Å². The number of halogens is 1. The average Bonchev–Trinajstić information content (AvgIpc) is 2.91. The molecule has 2 rings (SSSR count). The number of carbonyl (C=O) groups is 2. The molecule has 2 aromatic rings. The fraction of sp³-hybridized carbons (Fsp3) is 0.312. The second-order valence-electron chi connectivity index (χ2n) is 5.54. The second kappa shape index (κ2) is 8.43. The summed E-state index contributed by atoms with van der Waals surface area (Å²) < 4.78 is 1.55. The van der Waals surface area contributed by atoms with Crippen molar-refractivity contribution in [3.8, 4) is 0 Å². The molecule has 0 aliphatic rings. The van der Waals surface area contributed by atoms with Crippen LogP contribution in [0.2, 0.25) is 5.15 Å². The third kappa shape index (κ3) is 4.37. The second-order valence-corrected chi connectivity index (χ2v) is 5.90. The van der Waals surface area contributed by atoms with E-state index in [9.17, 15) is 19.7 Å². The van der Waals surface area contributed by atoms with Gasteiger partial charge in [-0.3, -0.25) is 35.2 Å². The van der Waals surface area contributed by atoms with E-state index in [0.717, 1.165) is 12.8 Å². The van der Waals surface area contributed by atoms with Crippen LogP contribution in [-0.4, -0.2) is 26.5 Å². The van der Waals surface area contributed by atoms with E-state index in [-0.39, 0.29) is 22.0 Å². The van der Waals surface area contributed by atoms with E-state index in [4.69, 9.17) is 11.6 Å². The van der Waals surface area contributed by atoms with Crippen LogP contribution in [-0.2, 0) is 6.54 Å². The number of amides is 2. The van der Waals surface area contributed by atoms with Crippen LogP contribution >= 0.6 is 11.6 Å². The highest BCUT2D eigenvalue weighted by atomic mass is 35.5. The molecule has 9 nitrogen and oxygen atoms in total. The summed E-state index contributed by atoms with van der Waals surface area (Å²) >= 11 is 6.20. The lowest BCUT2D eigenvalue weighted by atomic mass is 10.2. The SMILES string of the molecule is CCCCn1nc(C)c(C(=O)NNC(=O)c2ccc([N+](=O)[O-])cc2)c1Cl. The van der Waals surface area contributed by atoms with Crippen LogP contribution < -0.4 is 10.9 Å². The molecule has 2 N–H and O–H groups in total. The van der Waals surface area contributed by atoms with Crippen molar-refractivity contribution >= 4 is 29.1 Å². The lowest BCUT2D eigenvalue weighted by Gasteiger charge is -2.07. The molecule has 0 aliphatic heterocycles. The fourth-order valence-corrected chi connectivity index (χ4v) is 2.59. The van der Waals surface area contributed by atoms with E-state index in [0.29, 0.717) is 12.2 Å². The van der Waals surface area contributed by atoms with Crippen LogP contribution in [0, 0.1) is 17.0 Å². The Morgan fingerprint density at radius 3 is 2.42 bits per heavy atom. The van der Waals surface area contributed by atoms with Crippen molar-refractivity contribution in [2.24, 2.45) is 0 Å². The van der Waals surface area contributed by atoms with Gasteiger partial charge in [0.2, 0.25) is 0 Å². The number of hydrogen-bond donors (Lipinski definition) is 2. The Kier molecular flexibility index (Phi) is 6.29. The van der Waals surface area contributed by atoms with Crippen LogP contribution in [0.3, 0.4) is 0 Å². The summed E-state index contributed by atoms with van der Waals surface area (Å²) in [5.74, 6) is -1.20. The molecule has 0 spiro atoms. The number of aryl methyl sites for hydroxylation is 2. The van der Waals surface area contributed by atoms with Gasteiger partial charge in [0.1, 0.15) is 10.7 Å². The fourth-order valence-electron chi connectivity index (χ4n) is 2.25. The van der Waals surface area contributed by atoms with Gasteiger partial charge in [-0.05, 0) is 25.5 Å². The Labute approximate surface area is 154 Å².